The quantitative estimate of drug-likeness (QED) is 0.476. The summed E-state index contributed by atoms with van der Waals surface area (Å²) in [6.45, 7) is 0.401. The molecule has 0 aliphatic heterocycles. The van der Waals surface area contributed by atoms with E-state index in [0.29, 0.717) is 22.9 Å². The highest BCUT2D eigenvalue weighted by Crippen LogP contribution is 2.16. The first-order valence-corrected chi connectivity index (χ1v) is 9.96. The monoisotopic (exact) mass is 400 g/mol. The number of halogens is 1. The van der Waals surface area contributed by atoms with E-state index >= 15 is 0 Å². The molecule has 0 aliphatic carbocycles. The second-order valence-electron chi connectivity index (χ2n) is 5.65. The van der Waals surface area contributed by atoms with Crippen LogP contribution in [-0.4, -0.2) is 14.6 Å². The Bertz CT molecular complexity index is 1020. The van der Waals surface area contributed by atoms with E-state index < -0.39 is 10.0 Å². The fourth-order valence-corrected chi connectivity index (χ4v) is 3.19. The Hall–Kier alpha value is -2.83. The lowest BCUT2D eigenvalue weighted by molar-refractivity contribution is 0.306. The summed E-state index contributed by atoms with van der Waals surface area (Å²) in [5.41, 5.74) is 1.70. The number of ether oxygens (including phenoxy) is 1. The van der Waals surface area contributed by atoms with Crippen molar-refractivity contribution in [1.29, 1.82) is 0 Å². The first kappa shape index (κ1) is 18.9. The van der Waals surface area contributed by atoms with Gasteiger partial charge in [0, 0.05) is 5.02 Å². The van der Waals surface area contributed by atoms with Crippen LogP contribution in [0.25, 0.3) is 0 Å². The van der Waals surface area contributed by atoms with Crippen LogP contribution in [0.2, 0.25) is 5.02 Å². The fourth-order valence-electron chi connectivity index (χ4n) is 2.25. The molecule has 0 bridgehead atoms. The van der Waals surface area contributed by atoms with Gasteiger partial charge >= 0.3 is 0 Å². The number of rotatable bonds is 7. The van der Waals surface area contributed by atoms with E-state index in [2.05, 4.69) is 9.93 Å². The number of hydrogen-bond acceptors (Lipinski definition) is 4. The standard InChI is InChI=1S/C20H17ClN2O3S/c21-18-11-9-16(10-12-18)15-26-19-6-4-5-17(13-19)14-22-23-27(24,25)20-7-2-1-3-8-20/h1-14,23H,15H2/b22-14+. The molecule has 27 heavy (non-hydrogen) atoms. The van der Waals surface area contributed by atoms with Crippen molar-refractivity contribution >= 4 is 27.8 Å². The van der Waals surface area contributed by atoms with E-state index in [-0.39, 0.29) is 4.90 Å². The van der Waals surface area contributed by atoms with Crippen LogP contribution in [0.3, 0.4) is 0 Å². The molecule has 0 amide bonds. The van der Waals surface area contributed by atoms with Gasteiger partial charge in [-0.2, -0.15) is 13.5 Å². The smallest absolute Gasteiger partial charge is 0.276 e. The summed E-state index contributed by atoms with van der Waals surface area (Å²) in [6.07, 6.45) is 1.43. The second-order valence-corrected chi connectivity index (χ2v) is 7.75. The third-order valence-corrected chi connectivity index (χ3v) is 5.11. The number of nitrogens with zero attached hydrogens (tertiary/aromatic N) is 1. The Morgan fingerprint density at radius 3 is 2.44 bits per heavy atom. The van der Waals surface area contributed by atoms with Crippen LogP contribution < -0.4 is 9.57 Å². The minimum Gasteiger partial charge on any atom is -0.489 e. The maximum atomic E-state index is 12.1. The van der Waals surface area contributed by atoms with Gasteiger partial charge in [0.25, 0.3) is 10.0 Å². The van der Waals surface area contributed by atoms with Gasteiger partial charge in [0.05, 0.1) is 11.1 Å². The normalized spacial score (nSPS) is 11.4. The van der Waals surface area contributed by atoms with E-state index in [1.807, 2.05) is 36.4 Å². The van der Waals surface area contributed by atoms with E-state index in [1.54, 1.807) is 30.3 Å². The van der Waals surface area contributed by atoms with Crippen molar-refractivity contribution in [3.05, 3.63) is 95.0 Å². The lowest BCUT2D eigenvalue weighted by Crippen LogP contribution is -2.18. The van der Waals surface area contributed by atoms with Gasteiger partial charge < -0.3 is 4.74 Å². The number of hydrazone groups is 1. The summed E-state index contributed by atoms with van der Waals surface area (Å²) in [7, 11) is -3.68. The highest BCUT2D eigenvalue weighted by atomic mass is 35.5. The SMILES string of the molecule is O=S(=O)(N/N=C/c1cccc(OCc2ccc(Cl)cc2)c1)c1ccccc1. The van der Waals surface area contributed by atoms with E-state index in [1.165, 1.54) is 18.3 Å². The molecule has 0 spiro atoms. The molecule has 0 atom stereocenters. The summed E-state index contributed by atoms with van der Waals surface area (Å²) >= 11 is 5.87. The summed E-state index contributed by atoms with van der Waals surface area (Å²) in [4.78, 5) is 2.35. The predicted octanol–water partition coefficient (Wildman–Crippen LogP) is 4.23. The Morgan fingerprint density at radius 2 is 1.70 bits per heavy atom. The zero-order chi connectivity index (χ0) is 19.1. The van der Waals surface area contributed by atoms with Crippen LogP contribution >= 0.6 is 11.6 Å². The fraction of sp³-hybridized carbons (Fsp3) is 0.0500. The molecule has 0 fully saturated rings. The molecule has 1 N–H and O–H groups in total. The lowest BCUT2D eigenvalue weighted by Gasteiger charge is -2.07. The molecule has 0 unspecified atom stereocenters. The maximum Gasteiger partial charge on any atom is 0.276 e. The Kier molecular flexibility index (Phi) is 6.11. The first-order chi connectivity index (χ1) is 13.0. The summed E-state index contributed by atoms with van der Waals surface area (Å²) < 4.78 is 30.0. The van der Waals surface area contributed by atoms with Gasteiger partial charge in [-0.3, -0.25) is 0 Å². The lowest BCUT2D eigenvalue weighted by atomic mass is 10.2. The van der Waals surface area contributed by atoms with E-state index in [9.17, 15) is 8.42 Å². The average Bonchev–Trinajstić information content (AvgIpc) is 2.68. The van der Waals surface area contributed by atoms with Gasteiger partial charge in [-0.1, -0.05) is 54.1 Å². The van der Waals surface area contributed by atoms with Crippen molar-refractivity contribution in [2.45, 2.75) is 11.5 Å². The van der Waals surface area contributed by atoms with Crippen LogP contribution in [0.15, 0.2) is 88.9 Å². The Morgan fingerprint density at radius 1 is 0.963 bits per heavy atom. The van der Waals surface area contributed by atoms with Crippen molar-refractivity contribution in [2.24, 2.45) is 5.10 Å². The maximum absolute atomic E-state index is 12.1. The predicted molar refractivity (Wildman–Crippen MR) is 107 cm³/mol. The first-order valence-electron chi connectivity index (χ1n) is 8.10. The van der Waals surface area contributed by atoms with Crippen LogP contribution in [0.4, 0.5) is 0 Å². The number of nitrogens with one attached hydrogen (secondary N) is 1. The van der Waals surface area contributed by atoms with E-state index in [0.717, 1.165) is 5.56 Å². The second kappa shape index (κ2) is 8.70. The zero-order valence-corrected chi connectivity index (χ0v) is 15.8. The van der Waals surface area contributed by atoms with Crippen molar-refractivity contribution in [1.82, 2.24) is 4.83 Å². The largest absolute Gasteiger partial charge is 0.489 e. The van der Waals surface area contributed by atoms with Crippen LogP contribution in [0.1, 0.15) is 11.1 Å². The zero-order valence-electron chi connectivity index (χ0n) is 14.2. The van der Waals surface area contributed by atoms with Gasteiger partial charge in [-0.05, 0) is 47.5 Å². The number of benzene rings is 3. The van der Waals surface area contributed by atoms with Crippen molar-refractivity contribution in [3.63, 3.8) is 0 Å². The van der Waals surface area contributed by atoms with Gasteiger partial charge in [-0.15, -0.1) is 0 Å². The molecular formula is C20H17ClN2O3S. The molecule has 0 aromatic heterocycles. The Labute approximate surface area is 163 Å². The highest BCUT2D eigenvalue weighted by molar-refractivity contribution is 7.89. The third-order valence-electron chi connectivity index (χ3n) is 3.62. The summed E-state index contributed by atoms with van der Waals surface area (Å²) in [5, 5.41) is 4.50. The average molecular weight is 401 g/mol. The summed E-state index contributed by atoms with van der Waals surface area (Å²) in [6, 6.07) is 22.7. The topological polar surface area (TPSA) is 67.8 Å². The molecular weight excluding hydrogens is 384 g/mol. The van der Waals surface area contributed by atoms with Crippen LogP contribution in [-0.2, 0) is 16.6 Å². The molecule has 0 heterocycles. The number of sulfonamides is 1. The molecule has 3 aromatic carbocycles. The highest BCUT2D eigenvalue weighted by Gasteiger charge is 2.10. The third kappa shape index (κ3) is 5.57. The molecule has 0 radical (unpaired) electrons. The molecule has 138 valence electrons. The number of hydrogen-bond donors (Lipinski definition) is 1. The van der Waals surface area contributed by atoms with Crippen molar-refractivity contribution in [2.75, 3.05) is 0 Å². The molecule has 0 saturated heterocycles. The van der Waals surface area contributed by atoms with E-state index in [4.69, 9.17) is 16.3 Å². The molecule has 3 aromatic rings. The van der Waals surface area contributed by atoms with Crippen LogP contribution in [0.5, 0.6) is 5.75 Å². The minimum absolute atomic E-state index is 0.155. The molecule has 7 heteroatoms. The molecule has 0 aliphatic rings. The molecule has 3 rings (SSSR count). The molecule has 0 saturated carbocycles. The van der Waals surface area contributed by atoms with Crippen LogP contribution in [0, 0.1) is 0 Å². The minimum atomic E-state index is -3.68. The van der Waals surface area contributed by atoms with Gasteiger partial charge in [0.2, 0.25) is 0 Å². The summed E-state index contributed by atoms with van der Waals surface area (Å²) in [5.74, 6) is 0.653. The van der Waals surface area contributed by atoms with Gasteiger partial charge in [0.15, 0.2) is 0 Å². The van der Waals surface area contributed by atoms with Gasteiger partial charge in [0.1, 0.15) is 12.4 Å². The van der Waals surface area contributed by atoms with Gasteiger partial charge in [-0.25, -0.2) is 4.83 Å². The Balaban J connectivity index is 1.61. The van der Waals surface area contributed by atoms with Crippen molar-refractivity contribution < 1.29 is 13.2 Å². The van der Waals surface area contributed by atoms with Crippen molar-refractivity contribution in [3.8, 4) is 5.75 Å². The molecule has 5 nitrogen and oxygen atoms in total.